The van der Waals surface area contributed by atoms with Gasteiger partial charge in [-0.1, -0.05) is 102 Å². The zero-order valence-electron chi connectivity index (χ0n) is 29.5. The first-order valence-electron chi connectivity index (χ1n) is 17.9. The maximum absolute atomic E-state index is 14.0. The largest absolute Gasteiger partial charge is 0.370 e. The third-order valence-corrected chi connectivity index (χ3v) is 10.3. The van der Waals surface area contributed by atoms with Gasteiger partial charge < -0.3 is 16.4 Å². The number of benzene rings is 2. The summed E-state index contributed by atoms with van der Waals surface area (Å²) in [6, 6.07) is 19.2. The number of carbonyl (C=O) groups excluding carboxylic acids is 4. The Kier molecular flexibility index (Phi) is 11.9. The van der Waals surface area contributed by atoms with Gasteiger partial charge in [0.2, 0.25) is 11.8 Å². The van der Waals surface area contributed by atoms with Crippen molar-refractivity contribution >= 4 is 34.4 Å². The molecule has 2 aliphatic rings. The summed E-state index contributed by atoms with van der Waals surface area (Å²) in [5.41, 5.74) is 7.34. The van der Waals surface area contributed by atoms with Gasteiger partial charge in [0, 0.05) is 30.9 Å². The van der Waals surface area contributed by atoms with E-state index in [1.807, 2.05) is 54.6 Å². The zero-order chi connectivity index (χ0) is 35.1. The number of nitrogens with two attached hydrogens (primary N) is 1. The molecule has 1 aliphatic carbocycles. The highest BCUT2D eigenvalue weighted by Crippen LogP contribution is 2.40. The Hall–Kier alpha value is -4.11. The molecule has 262 valence electrons. The van der Waals surface area contributed by atoms with Gasteiger partial charge in [0.05, 0.1) is 18.0 Å². The fraction of sp³-hybridized carbons (Fsp3) is 0.525. The molecule has 2 heterocycles. The number of Topliss-reactive ketones (excluding diaryl/α,β-unsaturated/α-hetero) is 1. The monoisotopic (exact) mass is 667 g/mol. The second kappa shape index (κ2) is 16.1. The molecule has 5 rings (SSSR count). The number of pyridine rings is 1. The molecule has 9 nitrogen and oxygen atoms in total. The molecule has 2 unspecified atom stereocenters. The minimum absolute atomic E-state index is 0.0404. The molecular formula is C40H53N5O4. The lowest BCUT2D eigenvalue weighted by atomic mass is 9.71. The number of ketones is 1. The number of carbonyl (C=O) groups is 4. The van der Waals surface area contributed by atoms with E-state index in [0.717, 1.165) is 23.9 Å². The van der Waals surface area contributed by atoms with Crippen molar-refractivity contribution < 1.29 is 19.2 Å². The van der Waals surface area contributed by atoms with E-state index in [1.54, 1.807) is 12.1 Å². The summed E-state index contributed by atoms with van der Waals surface area (Å²) >= 11 is 0. The van der Waals surface area contributed by atoms with Gasteiger partial charge in [-0.25, -0.2) is 4.98 Å². The van der Waals surface area contributed by atoms with Crippen molar-refractivity contribution in [3.05, 3.63) is 78.0 Å². The number of amides is 3. The van der Waals surface area contributed by atoms with Crippen LogP contribution in [0.15, 0.2) is 66.7 Å². The van der Waals surface area contributed by atoms with Crippen molar-refractivity contribution in [3.8, 4) is 0 Å². The molecule has 49 heavy (non-hydrogen) atoms. The summed E-state index contributed by atoms with van der Waals surface area (Å²) in [5, 5.41) is 6.80. The summed E-state index contributed by atoms with van der Waals surface area (Å²) in [4.78, 5) is 60.1. The molecule has 0 radical (unpaired) electrons. The van der Waals surface area contributed by atoms with E-state index in [-0.39, 0.29) is 35.5 Å². The van der Waals surface area contributed by atoms with E-state index >= 15 is 0 Å². The van der Waals surface area contributed by atoms with Crippen LogP contribution in [-0.2, 0) is 20.8 Å². The first-order chi connectivity index (χ1) is 23.4. The number of para-hydroxylation sites is 1. The SMILES string of the molecule is C[C@H](CN1CC2CCCCC2C[C@H]1C(=O)CC(C)(C)C)[C@H](Cc1ccccc1)NC(=O)[C@H](CC(N)=O)NC(=O)c1ccc2ccccc2n1. The number of rotatable bonds is 13. The molecule has 3 aromatic rings. The van der Waals surface area contributed by atoms with Crippen LogP contribution in [0.2, 0.25) is 0 Å². The number of primary amides is 1. The highest BCUT2D eigenvalue weighted by Gasteiger charge is 2.41. The fourth-order valence-corrected chi connectivity index (χ4v) is 7.75. The number of hydrogen-bond donors (Lipinski definition) is 3. The van der Waals surface area contributed by atoms with Crippen LogP contribution in [0.4, 0.5) is 0 Å². The van der Waals surface area contributed by atoms with E-state index in [9.17, 15) is 19.2 Å². The first kappa shape index (κ1) is 36.2. The van der Waals surface area contributed by atoms with Crippen molar-refractivity contribution in [3.63, 3.8) is 0 Å². The Morgan fingerprint density at radius 1 is 0.918 bits per heavy atom. The van der Waals surface area contributed by atoms with Gasteiger partial charge in [-0.2, -0.15) is 0 Å². The third-order valence-electron chi connectivity index (χ3n) is 10.3. The molecule has 0 bridgehead atoms. The average Bonchev–Trinajstić information content (AvgIpc) is 3.06. The molecule has 2 fully saturated rings. The lowest BCUT2D eigenvalue weighted by molar-refractivity contribution is -0.130. The number of nitrogens with zero attached hydrogens (tertiary/aromatic N) is 2. The summed E-state index contributed by atoms with van der Waals surface area (Å²) < 4.78 is 0. The molecule has 2 aromatic carbocycles. The normalized spacial score (nSPS) is 21.6. The van der Waals surface area contributed by atoms with Gasteiger partial charge in [0.1, 0.15) is 17.5 Å². The van der Waals surface area contributed by atoms with E-state index in [0.29, 0.717) is 42.5 Å². The van der Waals surface area contributed by atoms with Crippen LogP contribution < -0.4 is 16.4 Å². The molecule has 1 saturated heterocycles. The summed E-state index contributed by atoms with van der Waals surface area (Å²) in [6.45, 7) is 10.0. The average molecular weight is 668 g/mol. The van der Waals surface area contributed by atoms with E-state index < -0.39 is 23.8 Å². The highest BCUT2D eigenvalue weighted by atomic mass is 16.2. The maximum atomic E-state index is 14.0. The van der Waals surface area contributed by atoms with Gasteiger partial charge >= 0.3 is 0 Å². The molecule has 0 spiro atoms. The van der Waals surface area contributed by atoms with Gasteiger partial charge in [-0.05, 0) is 60.1 Å². The number of aromatic nitrogens is 1. The fourth-order valence-electron chi connectivity index (χ4n) is 7.75. The van der Waals surface area contributed by atoms with Gasteiger partial charge in [0.15, 0.2) is 0 Å². The van der Waals surface area contributed by atoms with E-state index in [1.165, 1.54) is 25.7 Å². The Bertz CT molecular complexity index is 1620. The van der Waals surface area contributed by atoms with Gasteiger partial charge in [-0.3, -0.25) is 24.1 Å². The third kappa shape index (κ3) is 9.97. The van der Waals surface area contributed by atoms with Crippen LogP contribution in [0.3, 0.4) is 0 Å². The minimum atomic E-state index is -1.18. The van der Waals surface area contributed by atoms with Crippen LogP contribution in [-0.4, -0.2) is 64.6 Å². The number of piperidine rings is 1. The summed E-state index contributed by atoms with van der Waals surface area (Å²) in [6.07, 6.45) is 6.50. The van der Waals surface area contributed by atoms with Crippen LogP contribution >= 0.6 is 0 Å². The second-order valence-electron chi connectivity index (χ2n) is 15.6. The summed E-state index contributed by atoms with van der Waals surface area (Å²) in [7, 11) is 0. The zero-order valence-corrected chi connectivity index (χ0v) is 29.5. The number of nitrogens with one attached hydrogen (secondary N) is 2. The highest BCUT2D eigenvalue weighted by molar-refractivity contribution is 5.99. The predicted molar refractivity (Wildman–Crippen MR) is 193 cm³/mol. The van der Waals surface area contributed by atoms with E-state index in [2.05, 4.69) is 48.2 Å². The van der Waals surface area contributed by atoms with Crippen LogP contribution in [0, 0.1) is 23.2 Å². The standard InChI is InChI=1S/C40H53N5O4/c1-26(24-45-25-30-16-9-8-15-29(30)21-35(45)36(46)23-40(2,3)4)33(20-27-12-6-5-7-13-27)43-39(49)34(22-37(41)47)44-38(48)32-19-18-28-14-10-11-17-31(28)42-32/h5-7,10-14,17-19,26,29-30,33-35H,8-9,15-16,20-25H2,1-4H3,(H2,41,47)(H,43,49)(H,44,48)/t26-,29?,30?,33+,34+,35+/m1/s1. The number of hydrogen-bond acceptors (Lipinski definition) is 6. The molecule has 3 amide bonds. The predicted octanol–water partition coefficient (Wildman–Crippen LogP) is 5.46. The quantitative estimate of drug-likeness (QED) is 0.222. The molecule has 1 saturated carbocycles. The molecule has 4 N–H and O–H groups in total. The van der Waals surface area contributed by atoms with Crippen molar-refractivity contribution in [1.82, 2.24) is 20.5 Å². The Morgan fingerprint density at radius 3 is 2.33 bits per heavy atom. The topological polar surface area (TPSA) is 134 Å². The first-order valence-corrected chi connectivity index (χ1v) is 17.9. The Morgan fingerprint density at radius 2 is 1.61 bits per heavy atom. The maximum Gasteiger partial charge on any atom is 0.270 e. The van der Waals surface area contributed by atoms with Crippen molar-refractivity contribution in [2.45, 2.75) is 97.2 Å². The van der Waals surface area contributed by atoms with E-state index in [4.69, 9.17) is 5.73 Å². The van der Waals surface area contributed by atoms with Crippen molar-refractivity contribution in [2.75, 3.05) is 13.1 Å². The van der Waals surface area contributed by atoms with Crippen LogP contribution in [0.5, 0.6) is 0 Å². The molecule has 1 aromatic heterocycles. The Balaban J connectivity index is 1.35. The number of likely N-dealkylation sites (tertiary alicyclic amines) is 1. The molecule has 9 heteroatoms. The molecule has 1 aliphatic heterocycles. The molecular weight excluding hydrogens is 614 g/mol. The van der Waals surface area contributed by atoms with Crippen LogP contribution in [0.1, 0.15) is 88.7 Å². The summed E-state index contributed by atoms with van der Waals surface area (Å²) in [5.74, 6) is -0.303. The van der Waals surface area contributed by atoms with Crippen molar-refractivity contribution in [1.29, 1.82) is 0 Å². The van der Waals surface area contributed by atoms with Gasteiger partial charge in [0.25, 0.3) is 5.91 Å². The second-order valence-corrected chi connectivity index (χ2v) is 15.6. The smallest absolute Gasteiger partial charge is 0.270 e. The number of fused-ring (bicyclic) bond motifs is 2. The Labute approximate surface area is 290 Å². The lowest BCUT2D eigenvalue weighted by Gasteiger charge is -2.47. The minimum Gasteiger partial charge on any atom is -0.370 e. The molecule has 6 atom stereocenters. The van der Waals surface area contributed by atoms with Crippen LogP contribution in [0.25, 0.3) is 10.9 Å². The van der Waals surface area contributed by atoms with Gasteiger partial charge in [-0.15, -0.1) is 0 Å². The lowest BCUT2D eigenvalue weighted by Crippen LogP contribution is -2.57. The van der Waals surface area contributed by atoms with Crippen molar-refractivity contribution in [2.24, 2.45) is 28.9 Å².